The van der Waals surface area contributed by atoms with Gasteiger partial charge in [-0.05, 0) is 37.6 Å². The smallest absolute Gasteiger partial charge is 0.319 e. The highest BCUT2D eigenvalue weighted by atomic mass is 19.1. The van der Waals surface area contributed by atoms with E-state index in [1.807, 2.05) is 0 Å². The van der Waals surface area contributed by atoms with Crippen molar-refractivity contribution < 1.29 is 9.18 Å². The Morgan fingerprint density at radius 1 is 1.39 bits per heavy atom. The van der Waals surface area contributed by atoms with Crippen molar-refractivity contribution in [3.05, 3.63) is 30.1 Å². The second kappa shape index (κ2) is 6.35. The van der Waals surface area contributed by atoms with Crippen LogP contribution in [0.15, 0.2) is 24.3 Å². The van der Waals surface area contributed by atoms with Crippen molar-refractivity contribution in [3.8, 4) is 0 Å². The number of halogens is 1. The first kappa shape index (κ1) is 12.8. The fourth-order valence-corrected chi connectivity index (χ4v) is 2.06. The van der Waals surface area contributed by atoms with E-state index in [9.17, 15) is 9.18 Å². The molecule has 1 aromatic carbocycles. The number of carbonyl (C=O) groups is 1. The number of urea groups is 1. The molecule has 0 radical (unpaired) electrons. The molecule has 0 saturated carbocycles. The number of hydrogen-bond donors (Lipinski definition) is 3. The van der Waals surface area contributed by atoms with Crippen LogP contribution in [0.3, 0.4) is 0 Å². The molecule has 98 valence electrons. The lowest BCUT2D eigenvalue weighted by Gasteiger charge is -2.16. The molecule has 2 rings (SSSR count). The van der Waals surface area contributed by atoms with E-state index in [-0.39, 0.29) is 17.9 Å². The van der Waals surface area contributed by atoms with Crippen LogP contribution >= 0.6 is 0 Å². The summed E-state index contributed by atoms with van der Waals surface area (Å²) in [6.07, 6.45) is 3.23. The summed E-state index contributed by atoms with van der Waals surface area (Å²) in [6.45, 7) is 1.79. The number of rotatable bonds is 2. The van der Waals surface area contributed by atoms with E-state index in [1.165, 1.54) is 12.1 Å². The molecule has 2 amide bonds. The molecule has 0 aromatic heterocycles. The number of hydrogen-bond acceptors (Lipinski definition) is 2. The lowest BCUT2D eigenvalue weighted by Crippen LogP contribution is -2.42. The predicted molar refractivity (Wildman–Crippen MR) is 69.1 cm³/mol. The Balaban J connectivity index is 1.84. The summed E-state index contributed by atoms with van der Waals surface area (Å²) in [5.74, 6) is -0.357. The van der Waals surface area contributed by atoms with Crippen LogP contribution < -0.4 is 16.0 Å². The van der Waals surface area contributed by atoms with Gasteiger partial charge in [0.05, 0.1) is 0 Å². The van der Waals surface area contributed by atoms with Crippen molar-refractivity contribution in [2.24, 2.45) is 0 Å². The third-order valence-corrected chi connectivity index (χ3v) is 2.96. The minimum Gasteiger partial charge on any atom is -0.334 e. The van der Waals surface area contributed by atoms with Gasteiger partial charge >= 0.3 is 6.03 Å². The first-order chi connectivity index (χ1) is 8.74. The van der Waals surface area contributed by atoms with E-state index in [1.54, 1.807) is 12.1 Å². The van der Waals surface area contributed by atoms with Crippen LogP contribution in [0.5, 0.6) is 0 Å². The molecule has 1 fully saturated rings. The molecular formula is C13H18FN3O. The first-order valence-corrected chi connectivity index (χ1v) is 6.28. The average molecular weight is 251 g/mol. The minimum absolute atomic E-state index is 0.140. The van der Waals surface area contributed by atoms with Crippen LogP contribution in [-0.4, -0.2) is 25.2 Å². The van der Waals surface area contributed by atoms with Crippen LogP contribution in [-0.2, 0) is 0 Å². The predicted octanol–water partition coefficient (Wildman–Crippen LogP) is 2.09. The lowest BCUT2D eigenvalue weighted by atomic mass is 10.1. The highest BCUT2D eigenvalue weighted by Crippen LogP contribution is 2.09. The monoisotopic (exact) mass is 251 g/mol. The van der Waals surface area contributed by atoms with Gasteiger partial charge in [-0.25, -0.2) is 9.18 Å². The molecule has 1 aliphatic rings. The van der Waals surface area contributed by atoms with Crippen molar-refractivity contribution in [2.75, 3.05) is 18.4 Å². The van der Waals surface area contributed by atoms with Gasteiger partial charge in [0.1, 0.15) is 5.82 Å². The molecule has 5 heteroatoms. The quantitative estimate of drug-likeness (QED) is 0.754. The van der Waals surface area contributed by atoms with Crippen LogP contribution in [0.4, 0.5) is 14.9 Å². The fraction of sp³-hybridized carbons (Fsp3) is 0.462. The number of carbonyl (C=O) groups excluding carboxylic acids is 1. The van der Waals surface area contributed by atoms with Gasteiger partial charge < -0.3 is 16.0 Å². The fourth-order valence-electron chi connectivity index (χ4n) is 2.06. The molecule has 18 heavy (non-hydrogen) atoms. The number of nitrogens with one attached hydrogen (secondary N) is 3. The maximum atomic E-state index is 12.9. The van der Waals surface area contributed by atoms with E-state index < -0.39 is 0 Å². The van der Waals surface area contributed by atoms with Gasteiger partial charge in [0.2, 0.25) is 0 Å². The third-order valence-electron chi connectivity index (χ3n) is 2.96. The maximum Gasteiger partial charge on any atom is 0.319 e. The second-order valence-corrected chi connectivity index (χ2v) is 4.51. The van der Waals surface area contributed by atoms with Gasteiger partial charge in [0.25, 0.3) is 0 Å². The van der Waals surface area contributed by atoms with Crippen molar-refractivity contribution in [1.29, 1.82) is 0 Å². The van der Waals surface area contributed by atoms with E-state index in [0.29, 0.717) is 5.69 Å². The Kier molecular flexibility index (Phi) is 4.52. The summed E-state index contributed by atoms with van der Waals surface area (Å²) in [4.78, 5) is 11.7. The summed E-state index contributed by atoms with van der Waals surface area (Å²) < 4.78 is 12.9. The topological polar surface area (TPSA) is 53.2 Å². The number of benzene rings is 1. The molecule has 0 aliphatic carbocycles. The Morgan fingerprint density at radius 3 is 3.11 bits per heavy atom. The largest absolute Gasteiger partial charge is 0.334 e. The molecule has 0 spiro atoms. The minimum atomic E-state index is -0.357. The number of anilines is 1. The van der Waals surface area contributed by atoms with E-state index >= 15 is 0 Å². The second-order valence-electron chi connectivity index (χ2n) is 4.51. The third kappa shape index (κ3) is 4.00. The SMILES string of the molecule is O=C(Nc1cccc(F)c1)NC1CCCCNC1. The molecule has 1 heterocycles. The van der Waals surface area contributed by atoms with Crippen molar-refractivity contribution >= 4 is 11.7 Å². The van der Waals surface area contributed by atoms with Crippen molar-refractivity contribution in [1.82, 2.24) is 10.6 Å². The molecule has 1 aliphatic heterocycles. The summed E-state index contributed by atoms with van der Waals surface area (Å²) >= 11 is 0. The molecule has 1 saturated heterocycles. The van der Waals surface area contributed by atoms with Gasteiger partial charge in [-0.15, -0.1) is 0 Å². The Bertz CT molecular complexity index is 403. The van der Waals surface area contributed by atoms with Crippen LogP contribution in [0.1, 0.15) is 19.3 Å². The lowest BCUT2D eigenvalue weighted by molar-refractivity contribution is 0.247. The van der Waals surface area contributed by atoms with E-state index in [0.717, 1.165) is 32.4 Å². The molecular weight excluding hydrogens is 233 g/mol. The van der Waals surface area contributed by atoms with Gasteiger partial charge in [0.15, 0.2) is 0 Å². The highest BCUT2D eigenvalue weighted by molar-refractivity contribution is 5.89. The first-order valence-electron chi connectivity index (χ1n) is 6.28. The zero-order chi connectivity index (χ0) is 12.8. The molecule has 0 bridgehead atoms. The Morgan fingerprint density at radius 2 is 2.28 bits per heavy atom. The van der Waals surface area contributed by atoms with Gasteiger partial charge in [-0.3, -0.25) is 0 Å². The summed E-state index contributed by atoms with van der Waals surface area (Å²) in [5.41, 5.74) is 0.467. The Labute approximate surface area is 106 Å². The average Bonchev–Trinajstić information content (AvgIpc) is 2.57. The van der Waals surface area contributed by atoms with E-state index in [4.69, 9.17) is 0 Å². The van der Waals surface area contributed by atoms with Crippen LogP contribution in [0.2, 0.25) is 0 Å². The highest BCUT2D eigenvalue weighted by Gasteiger charge is 2.14. The van der Waals surface area contributed by atoms with E-state index in [2.05, 4.69) is 16.0 Å². The molecule has 1 aromatic rings. The Hall–Kier alpha value is -1.62. The molecule has 3 N–H and O–H groups in total. The summed E-state index contributed by atoms with van der Waals surface area (Å²) in [7, 11) is 0. The summed E-state index contributed by atoms with van der Waals surface area (Å²) in [6, 6.07) is 5.73. The zero-order valence-electron chi connectivity index (χ0n) is 10.2. The van der Waals surface area contributed by atoms with Crippen LogP contribution in [0, 0.1) is 5.82 Å². The molecule has 1 unspecified atom stereocenters. The van der Waals surface area contributed by atoms with Crippen LogP contribution in [0.25, 0.3) is 0 Å². The van der Waals surface area contributed by atoms with Crippen molar-refractivity contribution in [3.63, 3.8) is 0 Å². The standard InChI is InChI=1S/C13H18FN3O/c14-10-4-3-6-11(8-10)16-13(18)17-12-5-1-2-7-15-9-12/h3-4,6,8,12,15H,1-2,5,7,9H2,(H2,16,17,18). The van der Waals surface area contributed by atoms with Crippen molar-refractivity contribution in [2.45, 2.75) is 25.3 Å². The maximum absolute atomic E-state index is 12.9. The van der Waals surface area contributed by atoms with Gasteiger partial charge in [-0.2, -0.15) is 0 Å². The van der Waals surface area contributed by atoms with Gasteiger partial charge in [-0.1, -0.05) is 12.5 Å². The normalized spacial score (nSPS) is 19.9. The van der Waals surface area contributed by atoms with Gasteiger partial charge in [0, 0.05) is 18.3 Å². The molecule has 4 nitrogen and oxygen atoms in total. The molecule has 1 atom stereocenters. The zero-order valence-corrected chi connectivity index (χ0v) is 10.2. The summed E-state index contributed by atoms with van der Waals surface area (Å²) in [5, 5.41) is 8.80. The number of amides is 2.